The fraction of sp³-hybridized carbons (Fsp3) is 1.00. The molecule has 3 nitrogen and oxygen atoms in total. The summed E-state index contributed by atoms with van der Waals surface area (Å²) in [7, 11) is 0. The first-order chi connectivity index (χ1) is 8.18. The standard InChI is InChI=1S/C14H30N2O/c1-13(2)17-11-5-7-15-8-10-16-9-4-6-14(3)12-16/h13-15H,4-12H2,1-3H3. The van der Waals surface area contributed by atoms with Crippen molar-refractivity contribution in [3.05, 3.63) is 0 Å². The van der Waals surface area contributed by atoms with Crippen molar-refractivity contribution in [1.29, 1.82) is 0 Å². The van der Waals surface area contributed by atoms with E-state index < -0.39 is 0 Å². The van der Waals surface area contributed by atoms with Crippen LogP contribution in [0.4, 0.5) is 0 Å². The molecule has 1 aliphatic heterocycles. The molecule has 1 rings (SSSR count). The number of rotatable bonds is 8. The Morgan fingerprint density at radius 3 is 2.88 bits per heavy atom. The maximum atomic E-state index is 5.50. The molecular weight excluding hydrogens is 212 g/mol. The lowest BCUT2D eigenvalue weighted by molar-refractivity contribution is 0.0769. The van der Waals surface area contributed by atoms with Gasteiger partial charge in [-0.25, -0.2) is 0 Å². The average Bonchev–Trinajstić information content (AvgIpc) is 2.27. The smallest absolute Gasteiger partial charge is 0.0518 e. The summed E-state index contributed by atoms with van der Waals surface area (Å²) in [5, 5.41) is 3.50. The highest BCUT2D eigenvalue weighted by Crippen LogP contribution is 2.14. The molecule has 17 heavy (non-hydrogen) atoms. The van der Waals surface area contributed by atoms with Crippen LogP contribution in [-0.4, -0.2) is 50.3 Å². The van der Waals surface area contributed by atoms with Gasteiger partial charge in [0, 0.05) is 26.2 Å². The second kappa shape index (κ2) is 8.90. The molecule has 102 valence electrons. The lowest BCUT2D eigenvalue weighted by Crippen LogP contribution is -2.39. The van der Waals surface area contributed by atoms with E-state index >= 15 is 0 Å². The van der Waals surface area contributed by atoms with Crippen molar-refractivity contribution in [3.63, 3.8) is 0 Å². The van der Waals surface area contributed by atoms with Crippen molar-refractivity contribution in [2.75, 3.05) is 39.3 Å². The molecule has 0 bridgehead atoms. The van der Waals surface area contributed by atoms with Crippen LogP contribution in [0.5, 0.6) is 0 Å². The lowest BCUT2D eigenvalue weighted by atomic mass is 10.0. The highest BCUT2D eigenvalue weighted by molar-refractivity contribution is 4.70. The minimum Gasteiger partial charge on any atom is -0.379 e. The van der Waals surface area contributed by atoms with Gasteiger partial charge >= 0.3 is 0 Å². The van der Waals surface area contributed by atoms with Gasteiger partial charge in [0.1, 0.15) is 0 Å². The Balaban J connectivity index is 1.86. The molecule has 0 aromatic carbocycles. The van der Waals surface area contributed by atoms with Crippen LogP contribution in [0.25, 0.3) is 0 Å². The van der Waals surface area contributed by atoms with Gasteiger partial charge in [0.05, 0.1) is 6.10 Å². The Morgan fingerprint density at radius 2 is 2.18 bits per heavy atom. The van der Waals surface area contributed by atoms with Gasteiger partial charge in [-0.1, -0.05) is 6.92 Å². The highest BCUT2D eigenvalue weighted by Gasteiger charge is 2.14. The summed E-state index contributed by atoms with van der Waals surface area (Å²) in [6.07, 6.45) is 4.28. The minimum absolute atomic E-state index is 0.366. The molecular formula is C14H30N2O. The molecule has 1 fully saturated rings. The summed E-state index contributed by atoms with van der Waals surface area (Å²) in [6, 6.07) is 0. The van der Waals surface area contributed by atoms with Crippen molar-refractivity contribution in [3.8, 4) is 0 Å². The number of hydrogen-bond donors (Lipinski definition) is 1. The van der Waals surface area contributed by atoms with Crippen molar-refractivity contribution in [1.82, 2.24) is 10.2 Å². The van der Waals surface area contributed by atoms with Crippen LogP contribution < -0.4 is 5.32 Å². The summed E-state index contributed by atoms with van der Waals surface area (Å²) in [5.41, 5.74) is 0. The molecule has 0 aliphatic carbocycles. The number of nitrogens with zero attached hydrogens (tertiary/aromatic N) is 1. The third kappa shape index (κ3) is 7.74. The van der Waals surface area contributed by atoms with Gasteiger partial charge in [-0.3, -0.25) is 0 Å². The van der Waals surface area contributed by atoms with Crippen molar-refractivity contribution in [2.24, 2.45) is 5.92 Å². The van der Waals surface area contributed by atoms with E-state index in [1.807, 2.05) is 0 Å². The van der Waals surface area contributed by atoms with E-state index in [1.165, 1.54) is 32.5 Å². The predicted octanol–water partition coefficient (Wildman–Crippen LogP) is 2.12. The first-order valence-corrected chi connectivity index (χ1v) is 7.23. The van der Waals surface area contributed by atoms with Crippen molar-refractivity contribution >= 4 is 0 Å². The topological polar surface area (TPSA) is 24.5 Å². The number of piperidine rings is 1. The molecule has 1 aliphatic rings. The zero-order valence-electron chi connectivity index (χ0n) is 11.9. The number of nitrogens with one attached hydrogen (secondary N) is 1. The summed E-state index contributed by atoms with van der Waals surface area (Å²) >= 11 is 0. The van der Waals surface area contributed by atoms with Crippen molar-refractivity contribution in [2.45, 2.75) is 46.1 Å². The molecule has 1 N–H and O–H groups in total. The van der Waals surface area contributed by atoms with Crippen LogP contribution in [0.2, 0.25) is 0 Å². The molecule has 0 saturated carbocycles. The Bertz CT molecular complexity index is 185. The van der Waals surface area contributed by atoms with Gasteiger partial charge in [0.15, 0.2) is 0 Å². The third-order valence-corrected chi connectivity index (χ3v) is 3.30. The zero-order valence-corrected chi connectivity index (χ0v) is 11.9. The molecule has 0 aromatic rings. The number of hydrogen-bond acceptors (Lipinski definition) is 3. The van der Waals surface area contributed by atoms with E-state index in [0.29, 0.717) is 6.10 Å². The van der Waals surface area contributed by atoms with Crippen LogP contribution in [-0.2, 0) is 4.74 Å². The first-order valence-electron chi connectivity index (χ1n) is 7.23. The predicted molar refractivity (Wildman–Crippen MR) is 73.4 cm³/mol. The van der Waals surface area contributed by atoms with Gasteiger partial charge in [0.25, 0.3) is 0 Å². The molecule has 0 radical (unpaired) electrons. The molecule has 0 spiro atoms. The summed E-state index contributed by atoms with van der Waals surface area (Å²) < 4.78 is 5.50. The fourth-order valence-corrected chi connectivity index (χ4v) is 2.37. The highest BCUT2D eigenvalue weighted by atomic mass is 16.5. The van der Waals surface area contributed by atoms with E-state index in [0.717, 1.165) is 32.0 Å². The van der Waals surface area contributed by atoms with E-state index in [2.05, 4.69) is 31.0 Å². The minimum atomic E-state index is 0.366. The van der Waals surface area contributed by atoms with Gasteiger partial charge in [0.2, 0.25) is 0 Å². The van der Waals surface area contributed by atoms with Crippen LogP contribution in [0, 0.1) is 5.92 Å². The van der Waals surface area contributed by atoms with Gasteiger partial charge in [-0.05, 0) is 52.1 Å². The third-order valence-electron chi connectivity index (χ3n) is 3.30. The Hall–Kier alpha value is -0.120. The summed E-state index contributed by atoms with van der Waals surface area (Å²) in [5.74, 6) is 0.892. The largest absolute Gasteiger partial charge is 0.379 e. The Morgan fingerprint density at radius 1 is 1.35 bits per heavy atom. The molecule has 3 heteroatoms. The first kappa shape index (κ1) is 14.9. The molecule has 0 amide bonds. The average molecular weight is 242 g/mol. The normalized spacial score (nSPS) is 22.2. The Kier molecular flexibility index (Phi) is 7.82. The van der Waals surface area contributed by atoms with Crippen LogP contribution in [0.3, 0.4) is 0 Å². The Labute approximate surface area is 107 Å². The van der Waals surface area contributed by atoms with Gasteiger partial charge in [-0.15, -0.1) is 0 Å². The summed E-state index contributed by atoms with van der Waals surface area (Å²) in [6.45, 7) is 13.4. The van der Waals surface area contributed by atoms with E-state index in [4.69, 9.17) is 4.74 Å². The molecule has 1 saturated heterocycles. The fourth-order valence-electron chi connectivity index (χ4n) is 2.37. The SMILES string of the molecule is CC1CCCN(CCNCCCOC(C)C)C1. The second-order valence-corrected chi connectivity index (χ2v) is 5.57. The van der Waals surface area contributed by atoms with E-state index in [9.17, 15) is 0 Å². The van der Waals surface area contributed by atoms with Crippen LogP contribution >= 0.6 is 0 Å². The quantitative estimate of drug-likeness (QED) is 0.660. The summed E-state index contributed by atoms with van der Waals surface area (Å²) in [4.78, 5) is 2.59. The molecule has 1 atom stereocenters. The molecule has 1 unspecified atom stereocenters. The lowest BCUT2D eigenvalue weighted by Gasteiger charge is -2.30. The van der Waals surface area contributed by atoms with Crippen LogP contribution in [0.1, 0.15) is 40.0 Å². The van der Waals surface area contributed by atoms with E-state index in [1.54, 1.807) is 0 Å². The maximum Gasteiger partial charge on any atom is 0.0518 e. The zero-order chi connectivity index (χ0) is 12.5. The van der Waals surface area contributed by atoms with Crippen molar-refractivity contribution < 1.29 is 4.74 Å². The van der Waals surface area contributed by atoms with Gasteiger partial charge < -0.3 is 15.0 Å². The van der Waals surface area contributed by atoms with Gasteiger partial charge in [-0.2, -0.15) is 0 Å². The number of ether oxygens (including phenoxy) is 1. The maximum absolute atomic E-state index is 5.50. The van der Waals surface area contributed by atoms with E-state index in [-0.39, 0.29) is 0 Å². The second-order valence-electron chi connectivity index (χ2n) is 5.57. The molecule has 0 aromatic heterocycles. The monoisotopic (exact) mass is 242 g/mol. The van der Waals surface area contributed by atoms with Crippen LogP contribution in [0.15, 0.2) is 0 Å². The molecule has 1 heterocycles. The number of likely N-dealkylation sites (tertiary alicyclic amines) is 1.